The van der Waals surface area contributed by atoms with Crippen molar-refractivity contribution in [2.45, 2.75) is 18.9 Å². The number of amides is 1. The maximum atomic E-state index is 11.4. The number of benzene rings is 2. The van der Waals surface area contributed by atoms with E-state index in [1.165, 1.54) is 22.3 Å². The molecule has 2 aliphatic heterocycles. The summed E-state index contributed by atoms with van der Waals surface area (Å²) in [4.78, 5) is 15.8. The molecule has 4 heteroatoms. The number of fused-ring (bicyclic) bond motifs is 1. The zero-order valence-electron chi connectivity index (χ0n) is 12.2. The second-order valence-corrected chi connectivity index (χ2v) is 5.86. The van der Waals surface area contributed by atoms with Crippen LogP contribution in [0.5, 0.6) is 0 Å². The number of rotatable bonds is 2. The van der Waals surface area contributed by atoms with Gasteiger partial charge < -0.3 is 11.1 Å². The van der Waals surface area contributed by atoms with Crippen molar-refractivity contribution in [2.75, 3.05) is 6.54 Å². The van der Waals surface area contributed by atoms with Crippen molar-refractivity contribution in [1.29, 1.82) is 0 Å². The first-order valence-corrected chi connectivity index (χ1v) is 7.51. The van der Waals surface area contributed by atoms with Crippen molar-refractivity contribution in [2.24, 2.45) is 10.7 Å². The number of nitrogens with zero attached hydrogens (tertiary/aromatic N) is 1. The molecule has 0 aliphatic carbocycles. The molecule has 1 saturated heterocycles. The lowest BCUT2D eigenvalue weighted by Crippen LogP contribution is -2.13. The van der Waals surface area contributed by atoms with Gasteiger partial charge in [-0.25, -0.2) is 0 Å². The summed E-state index contributed by atoms with van der Waals surface area (Å²) in [5.74, 6) is 1.03. The Hall–Kier alpha value is -2.62. The predicted molar refractivity (Wildman–Crippen MR) is 86.7 cm³/mol. The van der Waals surface area contributed by atoms with E-state index in [9.17, 15) is 4.79 Å². The van der Waals surface area contributed by atoms with Gasteiger partial charge in [0.1, 0.15) is 5.84 Å². The van der Waals surface area contributed by atoms with Gasteiger partial charge in [0, 0.05) is 24.4 Å². The van der Waals surface area contributed by atoms with Crippen molar-refractivity contribution in [3.05, 3.63) is 59.2 Å². The maximum absolute atomic E-state index is 11.4. The van der Waals surface area contributed by atoms with Gasteiger partial charge in [0.15, 0.2) is 0 Å². The minimum atomic E-state index is 0.136. The lowest BCUT2D eigenvalue weighted by atomic mass is 9.91. The van der Waals surface area contributed by atoms with Crippen molar-refractivity contribution in [3.63, 3.8) is 0 Å². The number of hydrogen-bond acceptors (Lipinski definition) is 3. The molecule has 1 amide bonds. The molecule has 22 heavy (non-hydrogen) atoms. The lowest BCUT2D eigenvalue weighted by molar-refractivity contribution is -0.119. The summed E-state index contributed by atoms with van der Waals surface area (Å²) in [6.45, 7) is 1.37. The van der Waals surface area contributed by atoms with Crippen molar-refractivity contribution in [1.82, 2.24) is 5.32 Å². The highest BCUT2D eigenvalue weighted by Crippen LogP contribution is 2.32. The molecule has 2 aromatic carbocycles. The van der Waals surface area contributed by atoms with Gasteiger partial charge in [0.05, 0.1) is 6.54 Å². The average molecular weight is 291 g/mol. The Morgan fingerprint density at radius 2 is 1.95 bits per heavy atom. The Morgan fingerprint density at radius 3 is 2.77 bits per heavy atom. The monoisotopic (exact) mass is 291 g/mol. The largest absolute Gasteiger partial charge is 0.383 e. The van der Waals surface area contributed by atoms with Crippen molar-refractivity contribution < 1.29 is 4.79 Å². The molecule has 3 N–H and O–H groups in total. The summed E-state index contributed by atoms with van der Waals surface area (Å²) in [6, 6.07) is 14.6. The first kappa shape index (κ1) is 13.1. The molecule has 4 nitrogen and oxygen atoms in total. The Kier molecular flexibility index (Phi) is 2.96. The molecule has 2 aromatic rings. The van der Waals surface area contributed by atoms with Crippen LogP contribution in [0.3, 0.4) is 0 Å². The number of carbonyl (C=O) groups is 1. The lowest BCUT2D eigenvalue weighted by Gasteiger charge is -2.12. The van der Waals surface area contributed by atoms with Gasteiger partial charge in [-0.05, 0) is 22.3 Å². The van der Waals surface area contributed by atoms with E-state index in [1.54, 1.807) is 0 Å². The molecule has 4 rings (SSSR count). The van der Waals surface area contributed by atoms with Crippen LogP contribution in [0, 0.1) is 0 Å². The van der Waals surface area contributed by atoms with Gasteiger partial charge >= 0.3 is 0 Å². The summed E-state index contributed by atoms with van der Waals surface area (Å²) in [5, 5.41) is 2.90. The third-order valence-corrected chi connectivity index (χ3v) is 4.51. The minimum absolute atomic E-state index is 0.136. The summed E-state index contributed by atoms with van der Waals surface area (Å²) < 4.78 is 0. The minimum Gasteiger partial charge on any atom is -0.383 e. The van der Waals surface area contributed by atoms with Crippen LogP contribution in [0.1, 0.15) is 29.0 Å². The number of carbonyl (C=O) groups excluding carboxylic acids is 1. The van der Waals surface area contributed by atoms with Crippen molar-refractivity contribution in [3.8, 4) is 11.1 Å². The van der Waals surface area contributed by atoms with Crippen LogP contribution < -0.4 is 11.1 Å². The maximum Gasteiger partial charge on any atom is 0.220 e. The van der Waals surface area contributed by atoms with Gasteiger partial charge in [-0.3, -0.25) is 9.79 Å². The van der Waals surface area contributed by atoms with Crippen LogP contribution in [0.4, 0.5) is 0 Å². The normalized spacial score (nSPS) is 19.7. The number of amidine groups is 1. The molecule has 0 saturated carbocycles. The zero-order valence-corrected chi connectivity index (χ0v) is 12.2. The summed E-state index contributed by atoms with van der Waals surface area (Å²) in [5.41, 5.74) is 11.7. The van der Waals surface area contributed by atoms with E-state index < -0.39 is 0 Å². The third-order valence-electron chi connectivity index (χ3n) is 4.51. The van der Waals surface area contributed by atoms with Crippen LogP contribution in [0.25, 0.3) is 11.1 Å². The smallest absolute Gasteiger partial charge is 0.220 e. The standard InChI is InChI=1S/C18H17N3O/c19-18-15-6-2-5-14(16(15)10-21-18)12-4-1-3-11(7-12)13-8-17(22)20-9-13/h1-7,13H,8-10H2,(H2,19,21)(H,20,22)/t13-/m0/s1. The van der Waals surface area contributed by atoms with Gasteiger partial charge in [-0.15, -0.1) is 0 Å². The summed E-state index contributed by atoms with van der Waals surface area (Å²) in [7, 11) is 0. The highest BCUT2D eigenvalue weighted by molar-refractivity contribution is 6.02. The number of hydrogen-bond donors (Lipinski definition) is 2. The molecular weight excluding hydrogens is 274 g/mol. The quantitative estimate of drug-likeness (QED) is 0.890. The van der Waals surface area contributed by atoms with Crippen LogP contribution in [0.2, 0.25) is 0 Å². The Labute approximate surface area is 129 Å². The van der Waals surface area contributed by atoms with Crippen LogP contribution >= 0.6 is 0 Å². The predicted octanol–water partition coefficient (Wildman–Crippen LogP) is 2.18. The topological polar surface area (TPSA) is 67.5 Å². The molecule has 1 fully saturated rings. The number of aliphatic imine (C=N–C) groups is 1. The van der Waals surface area contributed by atoms with E-state index in [-0.39, 0.29) is 11.8 Å². The fourth-order valence-corrected chi connectivity index (χ4v) is 3.32. The third kappa shape index (κ3) is 2.08. The molecular formula is C18H17N3O. The first-order valence-electron chi connectivity index (χ1n) is 7.51. The van der Waals surface area contributed by atoms with Crippen LogP contribution in [0.15, 0.2) is 47.5 Å². The van der Waals surface area contributed by atoms with Crippen molar-refractivity contribution >= 4 is 11.7 Å². The molecule has 0 bridgehead atoms. The molecule has 1 atom stereocenters. The zero-order chi connectivity index (χ0) is 15.1. The Morgan fingerprint density at radius 1 is 1.14 bits per heavy atom. The fraction of sp³-hybridized carbons (Fsp3) is 0.222. The van der Waals surface area contributed by atoms with E-state index in [1.807, 2.05) is 12.1 Å². The van der Waals surface area contributed by atoms with E-state index in [0.29, 0.717) is 18.8 Å². The molecule has 0 aromatic heterocycles. The fourth-order valence-electron chi connectivity index (χ4n) is 3.32. The second kappa shape index (κ2) is 4.98. The van der Waals surface area contributed by atoms with E-state index in [4.69, 9.17) is 5.73 Å². The van der Waals surface area contributed by atoms with Gasteiger partial charge in [0.2, 0.25) is 5.91 Å². The molecule has 110 valence electrons. The van der Waals surface area contributed by atoms with Crippen LogP contribution in [-0.2, 0) is 11.3 Å². The van der Waals surface area contributed by atoms with E-state index in [2.05, 4.69) is 40.6 Å². The first-order chi connectivity index (χ1) is 10.7. The van der Waals surface area contributed by atoms with Gasteiger partial charge in [-0.1, -0.05) is 42.5 Å². The summed E-state index contributed by atoms with van der Waals surface area (Å²) in [6.07, 6.45) is 0.576. The Bertz CT molecular complexity index is 795. The second-order valence-electron chi connectivity index (χ2n) is 5.86. The van der Waals surface area contributed by atoms with Crippen LogP contribution in [-0.4, -0.2) is 18.3 Å². The highest BCUT2D eigenvalue weighted by atomic mass is 16.1. The number of nitrogens with two attached hydrogens (primary N) is 1. The SMILES string of the molecule is NC1=NCc2c1cccc2-c1cccc([C@@H]2CNC(=O)C2)c1. The Balaban J connectivity index is 1.74. The van der Waals surface area contributed by atoms with E-state index in [0.717, 1.165) is 12.1 Å². The average Bonchev–Trinajstić information content (AvgIpc) is 3.14. The molecule has 0 unspecified atom stereocenters. The molecule has 0 radical (unpaired) electrons. The number of nitrogens with one attached hydrogen (secondary N) is 1. The molecule has 2 aliphatic rings. The van der Waals surface area contributed by atoms with Gasteiger partial charge in [-0.2, -0.15) is 0 Å². The molecule has 2 heterocycles. The van der Waals surface area contributed by atoms with Gasteiger partial charge in [0.25, 0.3) is 0 Å². The highest BCUT2D eigenvalue weighted by Gasteiger charge is 2.23. The van der Waals surface area contributed by atoms with E-state index >= 15 is 0 Å². The molecule has 0 spiro atoms. The summed E-state index contributed by atoms with van der Waals surface area (Å²) >= 11 is 0.